The number of nitrogens with zero attached hydrogens (tertiary/aromatic N) is 1. The van der Waals surface area contributed by atoms with Crippen molar-refractivity contribution in [1.29, 1.82) is 0 Å². The molecule has 0 saturated heterocycles. The first-order chi connectivity index (χ1) is 7.07. The van der Waals surface area contributed by atoms with Crippen LogP contribution in [0.4, 0.5) is 0 Å². The lowest BCUT2D eigenvalue weighted by molar-refractivity contribution is 0.00670. The van der Waals surface area contributed by atoms with Gasteiger partial charge in [0.2, 0.25) is 0 Å². The van der Waals surface area contributed by atoms with E-state index in [1.165, 1.54) is 0 Å². The van der Waals surface area contributed by atoms with E-state index in [9.17, 15) is 10.2 Å². The van der Waals surface area contributed by atoms with Gasteiger partial charge in [-0.25, -0.2) is 0 Å². The Bertz CT molecular complexity index is 140. The zero-order chi connectivity index (χ0) is 11.7. The first-order valence-corrected chi connectivity index (χ1v) is 6.08. The highest BCUT2D eigenvalue weighted by molar-refractivity contribution is 4.67. The molecule has 0 fully saturated rings. The van der Waals surface area contributed by atoms with E-state index in [1.54, 1.807) is 0 Å². The molecule has 0 saturated carbocycles. The fraction of sp³-hybridized carbons (Fsp3) is 1.00. The molecule has 0 aliphatic rings. The molecular formula is C12H27NO2. The summed E-state index contributed by atoms with van der Waals surface area (Å²) < 4.78 is 0. The van der Waals surface area contributed by atoms with E-state index in [0.29, 0.717) is 6.42 Å². The van der Waals surface area contributed by atoms with E-state index >= 15 is 0 Å². The fourth-order valence-electron chi connectivity index (χ4n) is 1.60. The van der Waals surface area contributed by atoms with Gasteiger partial charge in [-0.05, 0) is 39.9 Å². The molecule has 0 unspecified atom stereocenters. The molecule has 0 radical (unpaired) electrons. The zero-order valence-corrected chi connectivity index (χ0v) is 10.4. The van der Waals surface area contributed by atoms with Gasteiger partial charge in [0, 0.05) is 0 Å². The first kappa shape index (κ1) is 14.9. The van der Waals surface area contributed by atoms with E-state index in [-0.39, 0.29) is 0 Å². The van der Waals surface area contributed by atoms with E-state index in [0.717, 1.165) is 38.6 Å². The molecule has 3 heteroatoms. The molecule has 2 N–H and O–H groups in total. The molecule has 0 aromatic heterocycles. The summed E-state index contributed by atoms with van der Waals surface area (Å²) in [4.78, 5) is 2.09. The van der Waals surface area contributed by atoms with Gasteiger partial charge >= 0.3 is 0 Å². The van der Waals surface area contributed by atoms with Crippen LogP contribution in [0.3, 0.4) is 0 Å². The molecule has 3 nitrogen and oxygen atoms in total. The zero-order valence-electron chi connectivity index (χ0n) is 10.4. The molecule has 15 heavy (non-hydrogen) atoms. The fourth-order valence-corrected chi connectivity index (χ4v) is 1.60. The van der Waals surface area contributed by atoms with Gasteiger partial charge in [0.25, 0.3) is 0 Å². The van der Waals surface area contributed by atoms with Crippen molar-refractivity contribution in [2.75, 3.05) is 20.6 Å². The predicted molar refractivity (Wildman–Crippen MR) is 63.9 cm³/mol. The molecule has 0 aromatic carbocycles. The topological polar surface area (TPSA) is 43.7 Å². The molecule has 0 spiro atoms. The normalized spacial score (nSPS) is 15.6. The van der Waals surface area contributed by atoms with Crippen LogP contribution >= 0.6 is 0 Å². The predicted octanol–water partition coefficient (Wildman–Crippen LogP) is 1.63. The third-order valence-electron chi connectivity index (χ3n) is 2.65. The van der Waals surface area contributed by atoms with Crippen LogP contribution in [0.2, 0.25) is 0 Å². The van der Waals surface area contributed by atoms with Crippen molar-refractivity contribution in [2.45, 2.75) is 57.7 Å². The van der Waals surface area contributed by atoms with Crippen molar-refractivity contribution in [2.24, 2.45) is 0 Å². The Hall–Kier alpha value is -0.120. The molecule has 0 aliphatic carbocycles. The van der Waals surface area contributed by atoms with Crippen molar-refractivity contribution >= 4 is 0 Å². The number of hydrogen-bond acceptors (Lipinski definition) is 3. The Labute approximate surface area is 94.1 Å². The van der Waals surface area contributed by atoms with Gasteiger partial charge in [0.05, 0.1) is 12.2 Å². The van der Waals surface area contributed by atoms with Crippen molar-refractivity contribution in [1.82, 2.24) is 4.90 Å². The standard InChI is InChI=1S/C12H27NO2/c1-4-5-6-8-11(14)12(15)9-7-10-13(2)3/h11-12,14-15H,4-10H2,1-3H3/t11-,12+/m1/s1. The smallest absolute Gasteiger partial charge is 0.0799 e. The third kappa shape index (κ3) is 8.85. The first-order valence-electron chi connectivity index (χ1n) is 6.08. The lowest BCUT2D eigenvalue weighted by Gasteiger charge is -2.18. The quantitative estimate of drug-likeness (QED) is 0.577. The Morgan fingerprint density at radius 1 is 0.933 bits per heavy atom. The van der Waals surface area contributed by atoms with Crippen molar-refractivity contribution in [3.63, 3.8) is 0 Å². The Kier molecular flexibility index (Phi) is 9.06. The molecule has 0 heterocycles. The van der Waals surface area contributed by atoms with Crippen LogP contribution in [-0.4, -0.2) is 48.0 Å². The maximum absolute atomic E-state index is 9.66. The molecular weight excluding hydrogens is 190 g/mol. The lowest BCUT2D eigenvalue weighted by Crippen LogP contribution is -2.27. The summed E-state index contributed by atoms with van der Waals surface area (Å²) in [6, 6.07) is 0. The van der Waals surface area contributed by atoms with Gasteiger partial charge in [-0.1, -0.05) is 26.2 Å². The van der Waals surface area contributed by atoms with Gasteiger partial charge < -0.3 is 15.1 Å². The number of aliphatic hydroxyl groups is 2. The second-order valence-corrected chi connectivity index (χ2v) is 4.58. The van der Waals surface area contributed by atoms with Gasteiger partial charge in [0.15, 0.2) is 0 Å². The van der Waals surface area contributed by atoms with E-state index < -0.39 is 12.2 Å². The van der Waals surface area contributed by atoms with E-state index in [1.807, 2.05) is 14.1 Å². The number of unbranched alkanes of at least 4 members (excludes halogenated alkanes) is 2. The van der Waals surface area contributed by atoms with Gasteiger partial charge in [0.1, 0.15) is 0 Å². The molecule has 0 bridgehead atoms. The van der Waals surface area contributed by atoms with Crippen LogP contribution < -0.4 is 0 Å². The summed E-state index contributed by atoms with van der Waals surface area (Å²) in [5.41, 5.74) is 0. The molecule has 0 aromatic rings. The Morgan fingerprint density at radius 3 is 1.93 bits per heavy atom. The molecule has 0 aliphatic heterocycles. The summed E-state index contributed by atoms with van der Waals surface area (Å²) in [6.07, 6.45) is 4.62. The summed E-state index contributed by atoms with van der Waals surface area (Å²) >= 11 is 0. The van der Waals surface area contributed by atoms with Crippen LogP contribution in [-0.2, 0) is 0 Å². The lowest BCUT2D eigenvalue weighted by atomic mass is 10.0. The minimum Gasteiger partial charge on any atom is -0.390 e. The molecule has 0 rings (SSSR count). The number of rotatable bonds is 9. The van der Waals surface area contributed by atoms with Crippen LogP contribution in [0.15, 0.2) is 0 Å². The highest BCUT2D eigenvalue weighted by Gasteiger charge is 2.14. The third-order valence-corrected chi connectivity index (χ3v) is 2.65. The minimum absolute atomic E-state index is 0.529. The van der Waals surface area contributed by atoms with Crippen LogP contribution in [0.25, 0.3) is 0 Å². The summed E-state index contributed by atoms with van der Waals surface area (Å²) in [5.74, 6) is 0. The van der Waals surface area contributed by atoms with Gasteiger partial charge in [-0.15, -0.1) is 0 Å². The van der Waals surface area contributed by atoms with E-state index in [4.69, 9.17) is 0 Å². The maximum atomic E-state index is 9.66. The summed E-state index contributed by atoms with van der Waals surface area (Å²) in [7, 11) is 4.04. The second-order valence-electron chi connectivity index (χ2n) is 4.58. The Balaban J connectivity index is 3.46. The Morgan fingerprint density at radius 2 is 1.47 bits per heavy atom. The molecule has 92 valence electrons. The van der Waals surface area contributed by atoms with Crippen LogP contribution in [0.1, 0.15) is 45.4 Å². The van der Waals surface area contributed by atoms with Gasteiger partial charge in [-0.3, -0.25) is 0 Å². The van der Waals surface area contributed by atoms with Crippen molar-refractivity contribution in [3.8, 4) is 0 Å². The monoisotopic (exact) mass is 217 g/mol. The average molecular weight is 217 g/mol. The van der Waals surface area contributed by atoms with E-state index in [2.05, 4.69) is 11.8 Å². The molecule has 2 atom stereocenters. The summed E-state index contributed by atoms with van der Waals surface area (Å²) in [6.45, 7) is 3.11. The van der Waals surface area contributed by atoms with Crippen LogP contribution in [0.5, 0.6) is 0 Å². The minimum atomic E-state index is -0.540. The maximum Gasteiger partial charge on any atom is 0.0799 e. The highest BCUT2D eigenvalue weighted by atomic mass is 16.3. The SMILES string of the molecule is CCCCC[C@@H](O)[C@@H](O)CCCN(C)C. The average Bonchev–Trinajstić information content (AvgIpc) is 2.17. The largest absolute Gasteiger partial charge is 0.390 e. The molecule has 0 amide bonds. The van der Waals surface area contributed by atoms with Crippen molar-refractivity contribution < 1.29 is 10.2 Å². The summed E-state index contributed by atoms with van der Waals surface area (Å²) in [5, 5.41) is 19.3. The van der Waals surface area contributed by atoms with Crippen molar-refractivity contribution in [3.05, 3.63) is 0 Å². The second kappa shape index (κ2) is 9.13. The van der Waals surface area contributed by atoms with Crippen LogP contribution in [0, 0.1) is 0 Å². The number of hydrogen-bond donors (Lipinski definition) is 2. The highest BCUT2D eigenvalue weighted by Crippen LogP contribution is 2.10. The number of aliphatic hydroxyl groups excluding tert-OH is 2. The van der Waals surface area contributed by atoms with Gasteiger partial charge in [-0.2, -0.15) is 0 Å².